The predicted octanol–water partition coefficient (Wildman–Crippen LogP) is 5.15. The third-order valence-electron chi connectivity index (χ3n) is 2.66. The standard InChI is InChI=1S/2C8H4F3N/c9-8(10,11)7-3-1-6(5-12)2-4-7;9-8(10,11)7-3-1-2-6(4-7)5-12/h2*1-4H. The molecule has 0 aliphatic heterocycles. The van der Waals surface area contributed by atoms with Crippen molar-refractivity contribution in [3.05, 3.63) is 70.8 Å². The van der Waals surface area contributed by atoms with E-state index in [9.17, 15) is 26.3 Å². The molecule has 24 heavy (non-hydrogen) atoms. The average Bonchev–Trinajstić information content (AvgIpc) is 2.54. The maximum atomic E-state index is 12.0. The van der Waals surface area contributed by atoms with Crippen LogP contribution in [0.1, 0.15) is 22.3 Å². The third-order valence-corrected chi connectivity index (χ3v) is 2.66. The van der Waals surface area contributed by atoms with E-state index in [1.165, 1.54) is 12.1 Å². The molecule has 0 aliphatic carbocycles. The summed E-state index contributed by atoms with van der Waals surface area (Å²) in [5.74, 6) is 0. The Kier molecular flexibility index (Phi) is 5.96. The molecule has 0 radical (unpaired) electrons. The summed E-state index contributed by atoms with van der Waals surface area (Å²) in [7, 11) is 0. The lowest BCUT2D eigenvalue weighted by molar-refractivity contribution is -0.138. The van der Waals surface area contributed by atoms with Gasteiger partial charge in [0.2, 0.25) is 0 Å². The fourth-order valence-corrected chi connectivity index (χ4v) is 1.50. The highest BCUT2D eigenvalue weighted by atomic mass is 19.4. The van der Waals surface area contributed by atoms with E-state index in [0.29, 0.717) is 0 Å². The van der Waals surface area contributed by atoms with E-state index in [1.807, 2.05) is 0 Å². The van der Waals surface area contributed by atoms with Crippen LogP contribution in [0.15, 0.2) is 48.5 Å². The molecule has 124 valence electrons. The Bertz CT molecular complexity index is 761. The van der Waals surface area contributed by atoms with Crippen LogP contribution in [-0.2, 0) is 12.4 Å². The molecule has 0 spiro atoms. The van der Waals surface area contributed by atoms with E-state index in [0.717, 1.165) is 36.4 Å². The van der Waals surface area contributed by atoms with Crippen LogP contribution in [0.3, 0.4) is 0 Å². The number of nitrogens with zero attached hydrogens (tertiary/aromatic N) is 2. The largest absolute Gasteiger partial charge is 0.416 e. The summed E-state index contributed by atoms with van der Waals surface area (Å²) in [5, 5.41) is 16.6. The van der Waals surface area contributed by atoms with Gasteiger partial charge in [-0.15, -0.1) is 0 Å². The molecule has 2 aromatic rings. The molecular formula is C16H8F6N2. The molecule has 2 aromatic carbocycles. The maximum Gasteiger partial charge on any atom is 0.416 e. The van der Waals surface area contributed by atoms with Crippen molar-refractivity contribution in [3.8, 4) is 12.1 Å². The first kappa shape index (κ1) is 19.0. The Labute approximate surface area is 133 Å². The van der Waals surface area contributed by atoms with E-state index in [4.69, 9.17) is 10.5 Å². The highest BCUT2D eigenvalue weighted by Crippen LogP contribution is 2.29. The van der Waals surface area contributed by atoms with Crippen LogP contribution in [0.25, 0.3) is 0 Å². The summed E-state index contributed by atoms with van der Waals surface area (Å²) in [4.78, 5) is 0. The quantitative estimate of drug-likeness (QED) is 0.621. The summed E-state index contributed by atoms with van der Waals surface area (Å²) in [5.41, 5.74) is -1.28. The van der Waals surface area contributed by atoms with Gasteiger partial charge in [0.1, 0.15) is 0 Å². The first-order valence-electron chi connectivity index (χ1n) is 6.22. The molecule has 2 rings (SSSR count). The first-order valence-corrected chi connectivity index (χ1v) is 6.22. The monoisotopic (exact) mass is 342 g/mol. The van der Waals surface area contributed by atoms with Gasteiger partial charge in [-0.3, -0.25) is 0 Å². The van der Waals surface area contributed by atoms with Gasteiger partial charge in [-0.25, -0.2) is 0 Å². The van der Waals surface area contributed by atoms with Gasteiger partial charge >= 0.3 is 12.4 Å². The van der Waals surface area contributed by atoms with Gasteiger partial charge in [0.15, 0.2) is 0 Å². The Hall–Kier alpha value is -3.00. The molecule has 0 saturated heterocycles. The zero-order chi connectivity index (χ0) is 18.4. The van der Waals surface area contributed by atoms with E-state index in [2.05, 4.69) is 0 Å². The molecule has 0 aromatic heterocycles. The minimum absolute atomic E-state index is 0.0184. The number of nitriles is 2. The van der Waals surface area contributed by atoms with Crippen molar-refractivity contribution in [1.82, 2.24) is 0 Å². The van der Waals surface area contributed by atoms with Gasteiger partial charge in [0, 0.05) is 0 Å². The van der Waals surface area contributed by atoms with Crippen molar-refractivity contribution in [1.29, 1.82) is 10.5 Å². The normalized spacial score (nSPS) is 10.8. The molecule has 2 nitrogen and oxygen atoms in total. The smallest absolute Gasteiger partial charge is 0.192 e. The first-order chi connectivity index (χ1) is 11.1. The summed E-state index contributed by atoms with van der Waals surface area (Å²) in [6.07, 6.45) is -8.69. The summed E-state index contributed by atoms with van der Waals surface area (Å²) < 4.78 is 71.8. The fourth-order valence-electron chi connectivity index (χ4n) is 1.50. The highest BCUT2D eigenvalue weighted by molar-refractivity contribution is 5.34. The number of rotatable bonds is 0. The molecule has 0 heterocycles. The molecular weight excluding hydrogens is 334 g/mol. The minimum atomic E-state index is -4.37. The van der Waals surface area contributed by atoms with Gasteiger partial charge in [-0.05, 0) is 42.5 Å². The van der Waals surface area contributed by atoms with Crippen LogP contribution in [0.4, 0.5) is 26.3 Å². The van der Waals surface area contributed by atoms with E-state index < -0.39 is 23.5 Å². The summed E-state index contributed by atoms with van der Waals surface area (Å²) in [6.45, 7) is 0. The van der Waals surface area contributed by atoms with Crippen LogP contribution in [0.2, 0.25) is 0 Å². The third kappa shape index (κ3) is 5.65. The molecule has 0 unspecified atom stereocenters. The second-order valence-corrected chi connectivity index (χ2v) is 4.38. The Morgan fingerprint density at radius 2 is 1.12 bits per heavy atom. The second kappa shape index (κ2) is 7.51. The Balaban J connectivity index is 0.000000240. The lowest BCUT2D eigenvalue weighted by Gasteiger charge is -2.05. The fraction of sp³-hybridized carbons (Fsp3) is 0.125. The SMILES string of the molecule is N#Cc1ccc(C(F)(F)F)cc1.N#Cc1cccc(C(F)(F)F)c1. The van der Waals surface area contributed by atoms with Crippen LogP contribution in [0.5, 0.6) is 0 Å². The van der Waals surface area contributed by atoms with Gasteiger partial charge in [-0.2, -0.15) is 36.9 Å². The van der Waals surface area contributed by atoms with Gasteiger partial charge < -0.3 is 0 Å². The molecule has 0 N–H and O–H groups in total. The van der Waals surface area contributed by atoms with Gasteiger partial charge in [-0.1, -0.05) is 6.07 Å². The molecule has 0 atom stereocenters. The van der Waals surface area contributed by atoms with Crippen molar-refractivity contribution in [2.45, 2.75) is 12.4 Å². The van der Waals surface area contributed by atoms with Crippen LogP contribution in [-0.4, -0.2) is 0 Å². The number of halogens is 6. The number of hydrogen-bond donors (Lipinski definition) is 0. The molecule has 0 aliphatic rings. The lowest BCUT2D eigenvalue weighted by Crippen LogP contribution is -2.04. The number of hydrogen-bond acceptors (Lipinski definition) is 2. The predicted molar refractivity (Wildman–Crippen MR) is 72.3 cm³/mol. The van der Waals surface area contributed by atoms with Crippen molar-refractivity contribution >= 4 is 0 Å². The van der Waals surface area contributed by atoms with Crippen LogP contribution < -0.4 is 0 Å². The van der Waals surface area contributed by atoms with Crippen LogP contribution >= 0.6 is 0 Å². The van der Waals surface area contributed by atoms with E-state index in [-0.39, 0.29) is 11.1 Å². The Morgan fingerprint density at radius 3 is 1.54 bits per heavy atom. The van der Waals surface area contributed by atoms with Crippen molar-refractivity contribution in [3.63, 3.8) is 0 Å². The molecule has 8 heteroatoms. The van der Waals surface area contributed by atoms with Crippen molar-refractivity contribution < 1.29 is 26.3 Å². The zero-order valence-corrected chi connectivity index (χ0v) is 11.8. The van der Waals surface area contributed by atoms with Crippen LogP contribution in [0, 0.1) is 22.7 Å². The Morgan fingerprint density at radius 1 is 0.625 bits per heavy atom. The van der Waals surface area contributed by atoms with Gasteiger partial charge in [0.25, 0.3) is 0 Å². The van der Waals surface area contributed by atoms with E-state index in [1.54, 1.807) is 12.1 Å². The zero-order valence-electron chi connectivity index (χ0n) is 11.8. The average molecular weight is 342 g/mol. The maximum absolute atomic E-state index is 12.0. The molecule has 0 amide bonds. The summed E-state index contributed by atoms with van der Waals surface area (Å²) in [6, 6.07) is 11.7. The van der Waals surface area contributed by atoms with Crippen molar-refractivity contribution in [2.75, 3.05) is 0 Å². The second-order valence-electron chi connectivity index (χ2n) is 4.38. The summed E-state index contributed by atoms with van der Waals surface area (Å²) >= 11 is 0. The highest BCUT2D eigenvalue weighted by Gasteiger charge is 2.30. The van der Waals surface area contributed by atoms with Gasteiger partial charge in [0.05, 0.1) is 34.4 Å². The number of benzene rings is 2. The van der Waals surface area contributed by atoms with Crippen molar-refractivity contribution in [2.24, 2.45) is 0 Å². The topological polar surface area (TPSA) is 47.6 Å². The molecule has 0 fully saturated rings. The molecule has 0 saturated carbocycles. The minimum Gasteiger partial charge on any atom is -0.192 e. The van der Waals surface area contributed by atoms with E-state index >= 15 is 0 Å². The lowest BCUT2D eigenvalue weighted by atomic mass is 10.1. The molecule has 0 bridgehead atoms. The number of alkyl halides is 6.